The van der Waals surface area contributed by atoms with E-state index in [1.54, 1.807) is 6.07 Å². The summed E-state index contributed by atoms with van der Waals surface area (Å²) < 4.78 is 26.8. The van der Waals surface area contributed by atoms with Gasteiger partial charge in [-0.15, -0.1) is 11.3 Å². The average Bonchev–Trinajstić information content (AvgIpc) is 2.77. The van der Waals surface area contributed by atoms with E-state index in [-0.39, 0.29) is 10.8 Å². The third kappa shape index (κ3) is 2.76. The second-order valence-electron chi connectivity index (χ2n) is 4.10. The predicted octanol–water partition coefficient (Wildman–Crippen LogP) is 2.00. The first-order valence-corrected chi connectivity index (χ1v) is 8.44. The van der Waals surface area contributed by atoms with Gasteiger partial charge >= 0.3 is 5.97 Å². The summed E-state index contributed by atoms with van der Waals surface area (Å²) in [7, 11) is -3.55. The van der Waals surface area contributed by atoms with E-state index in [2.05, 4.69) is 15.9 Å². The molecule has 5 nitrogen and oxygen atoms in total. The lowest BCUT2D eigenvalue weighted by molar-refractivity contribution is -0.142. The minimum Gasteiger partial charge on any atom is -0.481 e. The van der Waals surface area contributed by atoms with Crippen LogP contribution in [-0.4, -0.2) is 36.9 Å². The van der Waals surface area contributed by atoms with Crippen molar-refractivity contribution in [2.24, 2.45) is 5.92 Å². The standard InChI is InChI=1S/C10H12BrNO4S2/c11-8-3-4-9(17-8)18(15,16)12-5-1-2-7(6-12)10(13)14/h3-4,7H,1-2,5-6H2,(H,13,14). The smallest absolute Gasteiger partial charge is 0.307 e. The van der Waals surface area contributed by atoms with Gasteiger partial charge in [-0.25, -0.2) is 8.42 Å². The molecule has 8 heteroatoms. The molecule has 1 aliphatic heterocycles. The Balaban J connectivity index is 2.22. The Kier molecular flexibility index (Phi) is 4.10. The van der Waals surface area contributed by atoms with Gasteiger partial charge in [0.2, 0.25) is 0 Å². The molecule has 0 amide bonds. The number of nitrogens with zero attached hydrogens (tertiary/aromatic N) is 1. The summed E-state index contributed by atoms with van der Waals surface area (Å²) in [5.41, 5.74) is 0. The molecule has 0 aromatic carbocycles. The topological polar surface area (TPSA) is 74.7 Å². The van der Waals surface area contributed by atoms with E-state index < -0.39 is 21.9 Å². The van der Waals surface area contributed by atoms with Gasteiger partial charge in [0.05, 0.1) is 9.70 Å². The molecule has 2 rings (SSSR count). The molecule has 1 atom stereocenters. The summed E-state index contributed by atoms with van der Waals surface area (Å²) in [5.74, 6) is -1.53. The molecule has 0 bridgehead atoms. The van der Waals surface area contributed by atoms with E-state index in [1.807, 2.05) is 0 Å². The quantitative estimate of drug-likeness (QED) is 0.901. The third-order valence-electron chi connectivity index (χ3n) is 2.88. The molecule has 0 saturated carbocycles. The van der Waals surface area contributed by atoms with Gasteiger partial charge in [0.25, 0.3) is 10.0 Å². The molecule has 1 unspecified atom stereocenters. The Hall–Kier alpha value is -0.440. The summed E-state index contributed by atoms with van der Waals surface area (Å²) in [4.78, 5) is 10.9. The largest absolute Gasteiger partial charge is 0.481 e. The summed E-state index contributed by atoms with van der Waals surface area (Å²) in [6, 6.07) is 3.21. The molecule has 1 fully saturated rings. The highest BCUT2D eigenvalue weighted by atomic mass is 79.9. The van der Waals surface area contributed by atoms with Crippen molar-refractivity contribution in [3.8, 4) is 0 Å². The van der Waals surface area contributed by atoms with Crippen LogP contribution in [0, 0.1) is 5.92 Å². The number of piperidine rings is 1. The van der Waals surface area contributed by atoms with Crippen molar-refractivity contribution >= 4 is 43.3 Å². The van der Waals surface area contributed by atoms with Crippen LogP contribution in [0.3, 0.4) is 0 Å². The Labute approximate surface area is 118 Å². The second kappa shape index (κ2) is 5.28. The molecule has 1 aliphatic rings. The molecular formula is C10H12BrNO4S2. The monoisotopic (exact) mass is 353 g/mol. The summed E-state index contributed by atoms with van der Waals surface area (Å²) in [6.45, 7) is 0.453. The molecule has 0 aliphatic carbocycles. The number of thiophene rings is 1. The van der Waals surface area contributed by atoms with Crippen LogP contribution in [0.15, 0.2) is 20.1 Å². The van der Waals surface area contributed by atoms with Gasteiger partial charge in [-0.3, -0.25) is 4.79 Å². The summed E-state index contributed by atoms with van der Waals surface area (Å²) >= 11 is 4.36. The van der Waals surface area contributed by atoms with Crippen LogP contribution in [0.4, 0.5) is 0 Å². The number of halogens is 1. The van der Waals surface area contributed by atoms with E-state index in [1.165, 1.54) is 10.4 Å². The first-order chi connectivity index (χ1) is 8.41. The van der Waals surface area contributed by atoms with Crippen LogP contribution in [-0.2, 0) is 14.8 Å². The maximum Gasteiger partial charge on any atom is 0.307 e. The van der Waals surface area contributed by atoms with Gasteiger partial charge in [-0.2, -0.15) is 4.31 Å². The minimum atomic E-state index is -3.55. The van der Waals surface area contributed by atoms with Crippen molar-refractivity contribution in [3.63, 3.8) is 0 Å². The van der Waals surface area contributed by atoms with Gasteiger partial charge in [-0.1, -0.05) is 0 Å². The lowest BCUT2D eigenvalue weighted by atomic mass is 10.0. The molecule has 0 radical (unpaired) electrons. The highest BCUT2D eigenvalue weighted by Gasteiger charge is 2.33. The molecule has 2 heterocycles. The van der Waals surface area contributed by atoms with Gasteiger partial charge in [0, 0.05) is 13.1 Å². The molecule has 100 valence electrons. The Morgan fingerprint density at radius 2 is 2.22 bits per heavy atom. The zero-order chi connectivity index (χ0) is 13.3. The van der Waals surface area contributed by atoms with Crippen LogP contribution in [0.25, 0.3) is 0 Å². The van der Waals surface area contributed by atoms with E-state index in [4.69, 9.17) is 5.11 Å². The Morgan fingerprint density at radius 1 is 1.50 bits per heavy atom. The normalized spacial score (nSPS) is 21.9. The van der Waals surface area contributed by atoms with Crippen molar-refractivity contribution in [3.05, 3.63) is 15.9 Å². The zero-order valence-electron chi connectivity index (χ0n) is 9.37. The van der Waals surface area contributed by atoms with E-state index in [0.717, 1.165) is 15.1 Å². The average molecular weight is 354 g/mol. The molecule has 1 aromatic heterocycles. The van der Waals surface area contributed by atoms with Gasteiger partial charge in [0.1, 0.15) is 4.21 Å². The van der Waals surface area contributed by atoms with Crippen molar-refractivity contribution in [1.29, 1.82) is 0 Å². The number of hydrogen-bond donors (Lipinski definition) is 1. The molecule has 0 spiro atoms. The number of hydrogen-bond acceptors (Lipinski definition) is 4. The number of carboxylic acids is 1. The van der Waals surface area contributed by atoms with Crippen LogP contribution >= 0.6 is 27.3 Å². The first-order valence-electron chi connectivity index (χ1n) is 5.39. The zero-order valence-corrected chi connectivity index (χ0v) is 12.6. The van der Waals surface area contributed by atoms with Crippen LogP contribution in [0.2, 0.25) is 0 Å². The maximum atomic E-state index is 12.3. The Morgan fingerprint density at radius 3 is 2.78 bits per heavy atom. The maximum absolute atomic E-state index is 12.3. The number of sulfonamides is 1. The predicted molar refractivity (Wildman–Crippen MR) is 71.1 cm³/mol. The summed E-state index contributed by atoms with van der Waals surface area (Å²) in [5, 5.41) is 8.97. The third-order valence-corrected chi connectivity index (χ3v) is 6.83. The molecule has 1 aromatic rings. The second-order valence-corrected chi connectivity index (χ2v) is 8.73. The van der Waals surface area contributed by atoms with E-state index >= 15 is 0 Å². The van der Waals surface area contributed by atoms with E-state index in [0.29, 0.717) is 19.4 Å². The van der Waals surface area contributed by atoms with Crippen molar-refractivity contribution in [2.45, 2.75) is 17.1 Å². The van der Waals surface area contributed by atoms with Crippen LogP contribution < -0.4 is 0 Å². The van der Waals surface area contributed by atoms with Crippen LogP contribution in [0.5, 0.6) is 0 Å². The highest BCUT2D eigenvalue weighted by Crippen LogP contribution is 2.30. The van der Waals surface area contributed by atoms with Gasteiger partial charge in [-0.05, 0) is 40.9 Å². The Bertz CT molecular complexity index is 554. The molecule has 1 saturated heterocycles. The number of rotatable bonds is 3. The molecular weight excluding hydrogens is 342 g/mol. The number of aliphatic carboxylic acids is 1. The van der Waals surface area contributed by atoms with E-state index in [9.17, 15) is 13.2 Å². The summed E-state index contributed by atoms with van der Waals surface area (Å²) in [6.07, 6.45) is 1.12. The lowest BCUT2D eigenvalue weighted by Gasteiger charge is -2.29. The number of carboxylic acid groups (broad SMARTS) is 1. The van der Waals surface area contributed by atoms with Crippen molar-refractivity contribution in [2.75, 3.05) is 13.1 Å². The van der Waals surface area contributed by atoms with Crippen molar-refractivity contribution in [1.82, 2.24) is 4.31 Å². The SMILES string of the molecule is O=C(O)C1CCCN(S(=O)(=O)c2ccc(Br)s2)C1. The fourth-order valence-corrected chi connectivity index (χ4v) is 5.61. The fourth-order valence-electron chi connectivity index (χ4n) is 1.93. The first kappa shape index (κ1) is 14.0. The van der Waals surface area contributed by atoms with Gasteiger partial charge in [0.15, 0.2) is 0 Å². The fraction of sp³-hybridized carbons (Fsp3) is 0.500. The minimum absolute atomic E-state index is 0.0627. The molecule has 18 heavy (non-hydrogen) atoms. The number of carbonyl (C=O) groups is 1. The van der Waals surface area contributed by atoms with Crippen LogP contribution in [0.1, 0.15) is 12.8 Å². The highest BCUT2D eigenvalue weighted by molar-refractivity contribution is 9.11. The van der Waals surface area contributed by atoms with Gasteiger partial charge < -0.3 is 5.11 Å². The van der Waals surface area contributed by atoms with Crippen molar-refractivity contribution < 1.29 is 18.3 Å². The molecule has 1 N–H and O–H groups in total. The lowest BCUT2D eigenvalue weighted by Crippen LogP contribution is -2.41.